The molecule has 0 radical (unpaired) electrons. The third kappa shape index (κ3) is 3.37. The molecule has 0 aliphatic carbocycles. The van der Waals surface area contributed by atoms with Crippen molar-refractivity contribution in [2.45, 2.75) is 18.2 Å². The summed E-state index contributed by atoms with van der Waals surface area (Å²) < 4.78 is 29.0. The Kier molecular flexibility index (Phi) is 4.73. The maximum Gasteiger partial charge on any atom is 0.284 e. The molecule has 124 valence electrons. The number of rotatable bonds is 4. The predicted molar refractivity (Wildman–Crippen MR) is 96.8 cm³/mol. The first-order valence-corrected chi connectivity index (χ1v) is 9.88. The minimum Gasteiger partial charge on any atom is -0.273 e. The highest BCUT2D eigenvalue weighted by Crippen LogP contribution is 2.28. The van der Waals surface area contributed by atoms with Gasteiger partial charge in [-0.2, -0.15) is 8.42 Å². The van der Waals surface area contributed by atoms with Crippen LogP contribution in [0.25, 0.3) is 0 Å². The molecule has 7 heteroatoms. The summed E-state index contributed by atoms with van der Waals surface area (Å²) in [5, 5.41) is 0.186. The molecule has 3 rings (SSSR count). The lowest BCUT2D eigenvalue weighted by atomic mass is 10.2. The number of amides is 1. The van der Waals surface area contributed by atoms with E-state index < -0.39 is 10.0 Å². The summed E-state index contributed by atoms with van der Waals surface area (Å²) in [4.78, 5) is 13.6. The smallest absolute Gasteiger partial charge is 0.273 e. The molecule has 2 aromatic rings. The van der Waals surface area contributed by atoms with E-state index in [2.05, 4.69) is 4.40 Å². The van der Waals surface area contributed by atoms with E-state index >= 15 is 0 Å². The van der Waals surface area contributed by atoms with Crippen LogP contribution in [-0.4, -0.2) is 25.2 Å². The van der Waals surface area contributed by atoms with Gasteiger partial charge in [0.05, 0.1) is 16.3 Å². The highest BCUT2D eigenvalue weighted by molar-refractivity contribution is 8.16. The number of aryl methyl sites for hydroxylation is 1. The molecule has 1 saturated heterocycles. The zero-order chi connectivity index (χ0) is 17.2. The van der Waals surface area contributed by atoms with Crippen molar-refractivity contribution >= 4 is 38.5 Å². The van der Waals surface area contributed by atoms with Gasteiger partial charge in [-0.3, -0.25) is 9.69 Å². The van der Waals surface area contributed by atoms with E-state index in [-0.39, 0.29) is 21.7 Å². The molecule has 0 N–H and O–H groups in total. The number of hydrogen-bond acceptors (Lipinski definition) is 4. The van der Waals surface area contributed by atoms with E-state index in [0.29, 0.717) is 5.69 Å². The number of amidine groups is 1. The number of anilines is 1. The van der Waals surface area contributed by atoms with Crippen molar-refractivity contribution in [3.63, 3.8) is 0 Å². The highest BCUT2D eigenvalue weighted by Gasteiger charge is 2.31. The van der Waals surface area contributed by atoms with Gasteiger partial charge in [0.2, 0.25) is 5.91 Å². The van der Waals surface area contributed by atoms with Gasteiger partial charge in [-0.25, -0.2) is 0 Å². The summed E-state index contributed by atoms with van der Waals surface area (Å²) >= 11 is 1.13. The number of thioether (sulfide) groups is 1. The molecule has 1 amide bonds. The van der Waals surface area contributed by atoms with Crippen LogP contribution in [0.4, 0.5) is 5.69 Å². The number of benzene rings is 2. The Bertz CT molecular complexity index is 876. The lowest BCUT2D eigenvalue weighted by molar-refractivity contribution is -0.115. The maximum atomic E-state index is 12.5. The van der Waals surface area contributed by atoms with Gasteiger partial charge < -0.3 is 0 Å². The Morgan fingerprint density at radius 1 is 1.08 bits per heavy atom. The van der Waals surface area contributed by atoms with Gasteiger partial charge in [-0.1, -0.05) is 49.0 Å². The van der Waals surface area contributed by atoms with Crippen LogP contribution in [0.1, 0.15) is 12.5 Å². The normalized spacial score (nSPS) is 16.8. The predicted octanol–water partition coefficient (Wildman–Crippen LogP) is 3.07. The van der Waals surface area contributed by atoms with Crippen molar-refractivity contribution in [3.05, 3.63) is 60.2 Å². The van der Waals surface area contributed by atoms with Gasteiger partial charge in [-0.15, -0.1) is 4.40 Å². The zero-order valence-electron chi connectivity index (χ0n) is 13.0. The van der Waals surface area contributed by atoms with Crippen LogP contribution in [0.15, 0.2) is 63.9 Å². The van der Waals surface area contributed by atoms with Crippen LogP contribution in [0, 0.1) is 0 Å². The summed E-state index contributed by atoms with van der Waals surface area (Å²) in [6, 6.07) is 15.6. The lowest BCUT2D eigenvalue weighted by Crippen LogP contribution is -2.29. The third-order valence-electron chi connectivity index (χ3n) is 3.61. The molecule has 0 saturated carbocycles. The Morgan fingerprint density at radius 3 is 2.38 bits per heavy atom. The molecular formula is C17H16N2O3S2. The molecule has 0 unspecified atom stereocenters. The van der Waals surface area contributed by atoms with Crippen LogP contribution >= 0.6 is 11.8 Å². The van der Waals surface area contributed by atoms with E-state index in [1.165, 1.54) is 4.90 Å². The van der Waals surface area contributed by atoms with Crippen LogP contribution < -0.4 is 4.90 Å². The first-order chi connectivity index (χ1) is 11.5. The summed E-state index contributed by atoms with van der Waals surface area (Å²) in [5.41, 5.74) is 1.67. The Morgan fingerprint density at radius 2 is 1.75 bits per heavy atom. The summed E-state index contributed by atoms with van der Waals surface area (Å²) in [6.07, 6.45) is 0.834. The second-order valence-electron chi connectivity index (χ2n) is 5.20. The SMILES string of the molecule is CCc1ccc(S(=O)(=O)N=C2SCC(=O)N2c2ccccc2)cc1. The average molecular weight is 360 g/mol. The first-order valence-electron chi connectivity index (χ1n) is 7.46. The number of para-hydroxylation sites is 1. The highest BCUT2D eigenvalue weighted by atomic mass is 32.2. The monoisotopic (exact) mass is 360 g/mol. The molecule has 1 aliphatic rings. The zero-order valence-corrected chi connectivity index (χ0v) is 14.7. The standard InChI is InChI=1S/C17H16N2O3S2/c1-2-13-8-10-15(11-9-13)24(21,22)18-17-19(16(20)12-23-17)14-6-4-3-5-7-14/h3-11H,2,12H2,1H3. The molecule has 1 fully saturated rings. The molecule has 0 bridgehead atoms. The summed E-state index contributed by atoms with van der Waals surface area (Å²) in [7, 11) is -3.86. The van der Waals surface area contributed by atoms with Gasteiger partial charge in [0.25, 0.3) is 10.0 Å². The fourth-order valence-corrected chi connectivity index (χ4v) is 4.41. The average Bonchev–Trinajstić information content (AvgIpc) is 2.95. The fraction of sp³-hybridized carbons (Fsp3) is 0.176. The molecule has 0 aromatic heterocycles. The number of hydrogen-bond donors (Lipinski definition) is 0. The quantitative estimate of drug-likeness (QED) is 0.840. The van der Waals surface area contributed by atoms with Crippen molar-refractivity contribution in [1.82, 2.24) is 0 Å². The van der Waals surface area contributed by atoms with Gasteiger partial charge >= 0.3 is 0 Å². The number of sulfonamides is 1. The molecule has 24 heavy (non-hydrogen) atoms. The van der Waals surface area contributed by atoms with Gasteiger partial charge in [0.1, 0.15) is 0 Å². The van der Waals surface area contributed by atoms with E-state index in [1.807, 2.05) is 13.0 Å². The fourth-order valence-electron chi connectivity index (χ4n) is 2.31. The topological polar surface area (TPSA) is 66.8 Å². The maximum absolute atomic E-state index is 12.5. The molecule has 1 heterocycles. The summed E-state index contributed by atoms with van der Waals surface area (Å²) in [6.45, 7) is 2.00. The molecule has 5 nitrogen and oxygen atoms in total. The minimum absolute atomic E-state index is 0.125. The van der Waals surface area contributed by atoms with E-state index in [1.54, 1.807) is 48.5 Å². The van der Waals surface area contributed by atoms with E-state index in [9.17, 15) is 13.2 Å². The van der Waals surface area contributed by atoms with Crippen molar-refractivity contribution in [2.75, 3.05) is 10.7 Å². The van der Waals surface area contributed by atoms with Crippen molar-refractivity contribution in [3.8, 4) is 0 Å². The number of carbonyl (C=O) groups is 1. The minimum atomic E-state index is -3.86. The summed E-state index contributed by atoms with van der Waals surface area (Å²) in [5.74, 6) is -0.000593. The Labute approximate surface area is 145 Å². The number of nitrogens with zero attached hydrogens (tertiary/aromatic N) is 2. The Hall–Kier alpha value is -2.12. The molecular weight excluding hydrogens is 344 g/mol. The van der Waals surface area contributed by atoms with Crippen molar-refractivity contribution < 1.29 is 13.2 Å². The third-order valence-corrected chi connectivity index (χ3v) is 5.93. The van der Waals surface area contributed by atoms with Crippen LogP contribution in [0.2, 0.25) is 0 Å². The Balaban J connectivity index is 1.97. The van der Waals surface area contributed by atoms with Crippen LogP contribution in [-0.2, 0) is 21.2 Å². The van der Waals surface area contributed by atoms with E-state index in [4.69, 9.17) is 0 Å². The number of carbonyl (C=O) groups excluding carboxylic acids is 1. The second kappa shape index (κ2) is 6.78. The first kappa shape index (κ1) is 16.7. The molecule has 2 aromatic carbocycles. The molecule has 1 aliphatic heterocycles. The van der Waals surface area contributed by atoms with Crippen LogP contribution in [0.5, 0.6) is 0 Å². The van der Waals surface area contributed by atoms with Crippen LogP contribution in [0.3, 0.4) is 0 Å². The lowest BCUT2D eigenvalue weighted by Gasteiger charge is -2.15. The molecule has 0 atom stereocenters. The van der Waals surface area contributed by atoms with Gasteiger partial charge in [0.15, 0.2) is 5.17 Å². The molecule has 0 spiro atoms. The van der Waals surface area contributed by atoms with Crippen molar-refractivity contribution in [1.29, 1.82) is 0 Å². The van der Waals surface area contributed by atoms with Gasteiger partial charge in [-0.05, 0) is 36.2 Å². The van der Waals surface area contributed by atoms with Gasteiger partial charge in [0, 0.05) is 0 Å². The van der Waals surface area contributed by atoms with Crippen molar-refractivity contribution in [2.24, 2.45) is 4.40 Å². The second-order valence-corrected chi connectivity index (χ2v) is 7.75. The van der Waals surface area contributed by atoms with E-state index in [0.717, 1.165) is 23.7 Å². The largest absolute Gasteiger partial charge is 0.284 e.